The van der Waals surface area contributed by atoms with Crippen LogP contribution < -0.4 is 0 Å². The molecular formula is C13H21NO. The summed E-state index contributed by atoms with van der Waals surface area (Å²) in [5, 5.41) is 9.44. The predicted molar refractivity (Wildman–Crippen MR) is 63.9 cm³/mol. The van der Waals surface area contributed by atoms with Crippen molar-refractivity contribution >= 4 is 0 Å². The van der Waals surface area contributed by atoms with Gasteiger partial charge in [0.05, 0.1) is 12.6 Å². The summed E-state index contributed by atoms with van der Waals surface area (Å²) in [6, 6.07) is 8.55. The van der Waals surface area contributed by atoms with Gasteiger partial charge in [-0.1, -0.05) is 43.7 Å². The third-order valence-electron chi connectivity index (χ3n) is 2.89. The van der Waals surface area contributed by atoms with Crippen LogP contribution in [0.4, 0.5) is 0 Å². The lowest BCUT2D eigenvalue weighted by Gasteiger charge is -2.28. The maximum atomic E-state index is 9.44. The lowest BCUT2D eigenvalue weighted by atomic mass is 10.0. The zero-order valence-electron chi connectivity index (χ0n) is 9.90. The van der Waals surface area contributed by atoms with Crippen LogP contribution in [-0.2, 0) is 0 Å². The summed E-state index contributed by atoms with van der Waals surface area (Å²) in [5.41, 5.74) is 2.46. The van der Waals surface area contributed by atoms with Gasteiger partial charge in [-0.25, -0.2) is 0 Å². The van der Waals surface area contributed by atoms with Crippen LogP contribution in [0.25, 0.3) is 0 Å². The minimum Gasteiger partial charge on any atom is -0.394 e. The number of aliphatic hydroxyl groups is 1. The molecule has 1 aromatic carbocycles. The Bertz CT molecular complexity index is 277. The van der Waals surface area contributed by atoms with Crippen molar-refractivity contribution < 1.29 is 5.11 Å². The lowest BCUT2D eigenvalue weighted by Crippen LogP contribution is -2.30. The molecule has 0 bridgehead atoms. The van der Waals surface area contributed by atoms with E-state index in [9.17, 15) is 5.11 Å². The molecule has 0 fully saturated rings. The lowest BCUT2D eigenvalue weighted by molar-refractivity contribution is 0.134. The fourth-order valence-corrected chi connectivity index (χ4v) is 1.88. The van der Waals surface area contributed by atoms with Gasteiger partial charge in [0.1, 0.15) is 0 Å². The second-order valence-corrected chi connectivity index (χ2v) is 3.83. The van der Waals surface area contributed by atoms with Gasteiger partial charge >= 0.3 is 0 Å². The fourth-order valence-electron chi connectivity index (χ4n) is 1.88. The van der Waals surface area contributed by atoms with E-state index in [0.29, 0.717) is 0 Å². The molecule has 2 nitrogen and oxygen atoms in total. The normalized spacial score (nSPS) is 13.1. The van der Waals surface area contributed by atoms with Crippen LogP contribution in [0, 0.1) is 6.92 Å². The smallest absolute Gasteiger partial charge is 0.0628 e. The Balaban J connectivity index is 2.86. The first-order valence-electron chi connectivity index (χ1n) is 5.64. The zero-order valence-corrected chi connectivity index (χ0v) is 9.90. The molecule has 0 spiro atoms. The summed E-state index contributed by atoms with van der Waals surface area (Å²) in [4.78, 5) is 2.27. The summed E-state index contributed by atoms with van der Waals surface area (Å²) < 4.78 is 0. The molecule has 15 heavy (non-hydrogen) atoms. The highest BCUT2D eigenvalue weighted by Crippen LogP contribution is 2.20. The molecule has 1 N–H and O–H groups in total. The van der Waals surface area contributed by atoms with Crippen molar-refractivity contribution in [1.82, 2.24) is 4.90 Å². The molecule has 84 valence electrons. The predicted octanol–water partition coefficient (Wildman–Crippen LogP) is 2.37. The Morgan fingerprint density at radius 2 is 1.67 bits per heavy atom. The summed E-state index contributed by atoms with van der Waals surface area (Å²) in [5.74, 6) is 0. The summed E-state index contributed by atoms with van der Waals surface area (Å²) in [7, 11) is 0. The van der Waals surface area contributed by atoms with E-state index in [4.69, 9.17) is 0 Å². The fraction of sp³-hybridized carbons (Fsp3) is 0.538. The van der Waals surface area contributed by atoms with Crippen LogP contribution in [-0.4, -0.2) is 29.7 Å². The summed E-state index contributed by atoms with van der Waals surface area (Å²) in [6.07, 6.45) is 0. The number of hydrogen-bond donors (Lipinski definition) is 1. The number of benzene rings is 1. The highest BCUT2D eigenvalue weighted by Gasteiger charge is 2.16. The second-order valence-electron chi connectivity index (χ2n) is 3.83. The van der Waals surface area contributed by atoms with E-state index in [0.717, 1.165) is 13.1 Å². The number of likely N-dealkylation sites (N-methyl/N-ethyl adjacent to an activating group) is 1. The molecule has 0 saturated carbocycles. The van der Waals surface area contributed by atoms with E-state index >= 15 is 0 Å². The molecule has 0 aliphatic rings. The van der Waals surface area contributed by atoms with Crippen LogP contribution in [0.3, 0.4) is 0 Å². The minimum absolute atomic E-state index is 0.139. The standard InChI is InChI=1S/C13H21NO/c1-4-14(5-2)13(10-15)12-8-6-11(3)7-9-12/h6-9,13,15H,4-5,10H2,1-3H3. The molecule has 0 aliphatic carbocycles. The van der Waals surface area contributed by atoms with Crippen molar-refractivity contribution in [2.45, 2.75) is 26.8 Å². The van der Waals surface area contributed by atoms with Crippen molar-refractivity contribution in [3.05, 3.63) is 35.4 Å². The molecule has 0 amide bonds. The van der Waals surface area contributed by atoms with E-state index < -0.39 is 0 Å². The monoisotopic (exact) mass is 207 g/mol. The first-order valence-corrected chi connectivity index (χ1v) is 5.64. The quantitative estimate of drug-likeness (QED) is 0.801. The molecule has 1 aromatic rings. The third kappa shape index (κ3) is 3.05. The van der Waals surface area contributed by atoms with Gasteiger partial charge in [-0.3, -0.25) is 4.90 Å². The van der Waals surface area contributed by atoms with Gasteiger partial charge in [-0.15, -0.1) is 0 Å². The highest BCUT2D eigenvalue weighted by molar-refractivity contribution is 5.24. The van der Waals surface area contributed by atoms with Gasteiger partial charge in [0.15, 0.2) is 0 Å². The number of aliphatic hydroxyl groups excluding tert-OH is 1. The maximum Gasteiger partial charge on any atom is 0.0628 e. The second kappa shape index (κ2) is 5.89. The van der Waals surface area contributed by atoms with Gasteiger partial charge in [0.2, 0.25) is 0 Å². The number of rotatable bonds is 5. The van der Waals surface area contributed by atoms with Gasteiger partial charge in [0, 0.05) is 0 Å². The van der Waals surface area contributed by atoms with E-state index in [1.165, 1.54) is 11.1 Å². The number of aryl methyl sites for hydroxylation is 1. The average Bonchev–Trinajstić information content (AvgIpc) is 2.27. The molecule has 1 atom stereocenters. The average molecular weight is 207 g/mol. The van der Waals surface area contributed by atoms with Crippen LogP contribution in [0.15, 0.2) is 24.3 Å². The molecule has 1 unspecified atom stereocenters. The zero-order chi connectivity index (χ0) is 11.3. The van der Waals surface area contributed by atoms with Crippen LogP contribution in [0.2, 0.25) is 0 Å². The van der Waals surface area contributed by atoms with E-state index in [1.807, 2.05) is 0 Å². The SMILES string of the molecule is CCN(CC)C(CO)c1ccc(C)cc1. The van der Waals surface area contributed by atoms with E-state index in [2.05, 4.69) is 49.9 Å². The van der Waals surface area contributed by atoms with Crippen molar-refractivity contribution in [2.24, 2.45) is 0 Å². The van der Waals surface area contributed by atoms with Crippen molar-refractivity contribution in [2.75, 3.05) is 19.7 Å². The molecular weight excluding hydrogens is 186 g/mol. The topological polar surface area (TPSA) is 23.5 Å². The van der Waals surface area contributed by atoms with Gasteiger partial charge in [-0.2, -0.15) is 0 Å². The van der Waals surface area contributed by atoms with E-state index in [1.54, 1.807) is 0 Å². The van der Waals surface area contributed by atoms with Gasteiger partial charge < -0.3 is 5.11 Å². The molecule has 0 aromatic heterocycles. The molecule has 0 aliphatic heterocycles. The molecule has 2 heteroatoms. The molecule has 1 rings (SSSR count). The van der Waals surface area contributed by atoms with Crippen LogP contribution in [0.1, 0.15) is 31.0 Å². The number of nitrogens with zero attached hydrogens (tertiary/aromatic N) is 1. The van der Waals surface area contributed by atoms with Gasteiger partial charge in [0.25, 0.3) is 0 Å². The molecule has 0 heterocycles. The Labute approximate surface area is 92.5 Å². The maximum absolute atomic E-state index is 9.44. The molecule has 0 radical (unpaired) electrons. The highest BCUT2D eigenvalue weighted by atomic mass is 16.3. The first kappa shape index (κ1) is 12.2. The summed E-state index contributed by atoms with van der Waals surface area (Å²) >= 11 is 0. The van der Waals surface area contributed by atoms with Crippen LogP contribution >= 0.6 is 0 Å². The number of hydrogen-bond acceptors (Lipinski definition) is 2. The first-order chi connectivity index (χ1) is 7.22. The Morgan fingerprint density at radius 3 is 2.07 bits per heavy atom. The van der Waals surface area contributed by atoms with E-state index in [-0.39, 0.29) is 12.6 Å². The Morgan fingerprint density at radius 1 is 1.13 bits per heavy atom. The summed E-state index contributed by atoms with van der Waals surface area (Å²) in [6.45, 7) is 8.45. The van der Waals surface area contributed by atoms with Gasteiger partial charge in [-0.05, 0) is 25.6 Å². The largest absolute Gasteiger partial charge is 0.394 e. The molecule has 0 saturated heterocycles. The van der Waals surface area contributed by atoms with Crippen molar-refractivity contribution in [3.8, 4) is 0 Å². The Kier molecular flexibility index (Phi) is 4.79. The minimum atomic E-state index is 0.139. The van der Waals surface area contributed by atoms with Crippen molar-refractivity contribution in [3.63, 3.8) is 0 Å². The van der Waals surface area contributed by atoms with Crippen LogP contribution in [0.5, 0.6) is 0 Å². The Hall–Kier alpha value is -0.860. The third-order valence-corrected chi connectivity index (χ3v) is 2.89. The van der Waals surface area contributed by atoms with Crippen molar-refractivity contribution in [1.29, 1.82) is 0 Å².